The van der Waals surface area contributed by atoms with E-state index in [2.05, 4.69) is 0 Å². The lowest BCUT2D eigenvalue weighted by atomic mass is 9.89. The van der Waals surface area contributed by atoms with Crippen molar-refractivity contribution >= 4 is 11.9 Å². The Kier molecular flexibility index (Phi) is 7.05. The SMILES string of the molecule is CCOC(=O)[C@@](O)(CC(=O)OCc1ccccc1)CC(C)C. The molecule has 0 bridgehead atoms. The third kappa shape index (κ3) is 5.85. The van der Waals surface area contributed by atoms with Gasteiger partial charge in [0.25, 0.3) is 0 Å². The fourth-order valence-corrected chi connectivity index (χ4v) is 2.20. The van der Waals surface area contributed by atoms with Crippen LogP contribution >= 0.6 is 0 Å². The quantitative estimate of drug-likeness (QED) is 0.747. The van der Waals surface area contributed by atoms with Gasteiger partial charge in [-0.15, -0.1) is 0 Å². The molecule has 0 aliphatic carbocycles. The molecule has 0 saturated carbocycles. The largest absolute Gasteiger partial charge is 0.464 e. The fourth-order valence-electron chi connectivity index (χ4n) is 2.20. The van der Waals surface area contributed by atoms with Crippen LogP contribution < -0.4 is 0 Å². The molecule has 1 aromatic carbocycles. The van der Waals surface area contributed by atoms with Crippen molar-refractivity contribution in [3.63, 3.8) is 0 Å². The third-order valence-corrected chi connectivity index (χ3v) is 3.08. The molecule has 0 fully saturated rings. The maximum absolute atomic E-state index is 11.9. The van der Waals surface area contributed by atoms with Gasteiger partial charge in [-0.1, -0.05) is 44.2 Å². The molecule has 0 radical (unpaired) electrons. The molecule has 1 atom stereocenters. The summed E-state index contributed by atoms with van der Waals surface area (Å²) < 4.78 is 10.0. The Morgan fingerprint density at radius 2 is 1.82 bits per heavy atom. The summed E-state index contributed by atoms with van der Waals surface area (Å²) in [5.41, 5.74) is -0.989. The van der Waals surface area contributed by atoms with Crippen molar-refractivity contribution in [3.05, 3.63) is 35.9 Å². The highest BCUT2D eigenvalue weighted by Gasteiger charge is 2.41. The van der Waals surface area contributed by atoms with E-state index in [4.69, 9.17) is 9.47 Å². The molecule has 122 valence electrons. The standard InChI is InChI=1S/C17H24O5/c1-4-21-16(19)17(20,10-13(2)3)11-15(18)22-12-14-8-6-5-7-9-14/h5-9,13,20H,4,10-12H2,1-3H3/t17-/m0/s1. The Hall–Kier alpha value is -1.88. The molecule has 0 heterocycles. The number of carbonyl (C=O) groups is 2. The van der Waals surface area contributed by atoms with Gasteiger partial charge in [-0.05, 0) is 24.8 Å². The number of ether oxygens (including phenoxy) is 2. The van der Waals surface area contributed by atoms with Gasteiger partial charge in [0.1, 0.15) is 6.61 Å². The van der Waals surface area contributed by atoms with Gasteiger partial charge in [-0.2, -0.15) is 0 Å². The van der Waals surface area contributed by atoms with Crippen molar-refractivity contribution < 1.29 is 24.2 Å². The number of carbonyl (C=O) groups excluding carboxylic acids is 2. The second kappa shape index (κ2) is 8.54. The lowest BCUT2D eigenvalue weighted by molar-refractivity contribution is -0.174. The molecule has 22 heavy (non-hydrogen) atoms. The molecule has 1 rings (SSSR count). The van der Waals surface area contributed by atoms with E-state index in [0.29, 0.717) is 0 Å². The average Bonchev–Trinajstić information content (AvgIpc) is 2.45. The number of rotatable bonds is 8. The van der Waals surface area contributed by atoms with Crippen LogP contribution in [0.3, 0.4) is 0 Å². The van der Waals surface area contributed by atoms with Crippen molar-refractivity contribution in [1.29, 1.82) is 0 Å². The van der Waals surface area contributed by atoms with Gasteiger partial charge >= 0.3 is 11.9 Å². The summed E-state index contributed by atoms with van der Waals surface area (Å²) >= 11 is 0. The molecule has 0 spiro atoms. The van der Waals surface area contributed by atoms with Crippen LogP contribution in [-0.2, 0) is 25.7 Å². The summed E-state index contributed by atoms with van der Waals surface area (Å²) in [7, 11) is 0. The Labute approximate surface area is 131 Å². The molecule has 0 aliphatic rings. The molecule has 1 N–H and O–H groups in total. The van der Waals surface area contributed by atoms with E-state index in [1.165, 1.54) is 0 Å². The number of aliphatic hydroxyl groups is 1. The van der Waals surface area contributed by atoms with Gasteiger partial charge in [0.2, 0.25) is 0 Å². The zero-order valence-corrected chi connectivity index (χ0v) is 13.4. The number of benzene rings is 1. The van der Waals surface area contributed by atoms with E-state index in [1.807, 2.05) is 44.2 Å². The minimum Gasteiger partial charge on any atom is -0.464 e. The summed E-state index contributed by atoms with van der Waals surface area (Å²) in [6, 6.07) is 9.22. The topological polar surface area (TPSA) is 72.8 Å². The minimum atomic E-state index is -1.84. The number of hydrogen-bond acceptors (Lipinski definition) is 5. The van der Waals surface area contributed by atoms with Crippen LogP contribution in [0.4, 0.5) is 0 Å². The lowest BCUT2D eigenvalue weighted by Crippen LogP contribution is -2.43. The predicted octanol–water partition coefficient (Wildman–Crippen LogP) is 2.46. The van der Waals surface area contributed by atoms with Crippen LogP contribution in [-0.4, -0.2) is 29.3 Å². The first-order valence-electron chi connectivity index (χ1n) is 7.46. The van der Waals surface area contributed by atoms with Gasteiger partial charge in [-0.3, -0.25) is 4.79 Å². The summed E-state index contributed by atoms with van der Waals surface area (Å²) in [4.78, 5) is 23.9. The molecule has 1 aromatic rings. The van der Waals surface area contributed by atoms with Gasteiger partial charge in [0.05, 0.1) is 13.0 Å². The number of esters is 2. The predicted molar refractivity (Wildman–Crippen MR) is 81.9 cm³/mol. The van der Waals surface area contributed by atoms with E-state index >= 15 is 0 Å². The minimum absolute atomic E-state index is 0.0383. The molecule has 5 heteroatoms. The third-order valence-electron chi connectivity index (χ3n) is 3.08. The number of hydrogen-bond donors (Lipinski definition) is 1. The maximum Gasteiger partial charge on any atom is 0.338 e. The molecule has 0 amide bonds. The van der Waals surface area contributed by atoms with Crippen LogP contribution in [0, 0.1) is 5.92 Å². The first-order valence-corrected chi connectivity index (χ1v) is 7.46. The van der Waals surface area contributed by atoms with Crippen LogP contribution in [0.5, 0.6) is 0 Å². The van der Waals surface area contributed by atoms with Gasteiger partial charge in [0.15, 0.2) is 5.60 Å². The van der Waals surface area contributed by atoms with E-state index < -0.39 is 24.0 Å². The zero-order chi connectivity index (χ0) is 16.6. The van der Waals surface area contributed by atoms with Crippen molar-refractivity contribution in [1.82, 2.24) is 0 Å². The van der Waals surface area contributed by atoms with Crippen LogP contribution in [0.1, 0.15) is 39.2 Å². The zero-order valence-electron chi connectivity index (χ0n) is 13.4. The van der Waals surface area contributed by atoms with Crippen LogP contribution in [0.2, 0.25) is 0 Å². The molecular weight excluding hydrogens is 284 g/mol. The second-order valence-electron chi connectivity index (χ2n) is 5.67. The Morgan fingerprint density at radius 3 is 2.36 bits per heavy atom. The molecule has 0 unspecified atom stereocenters. The van der Waals surface area contributed by atoms with E-state index in [0.717, 1.165) is 5.56 Å². The summed E-state index contributed by atoms with van der Waals surface area (Å²) in [5.74, 6) is -1.36. The lowest BCUT2D eigenvalue weighted by Gasteiger charge is -2.26. The first-order chi connectivity index (χ1) is 10.4. The van der Waals surface area contributed by atoms with E-state index in [-0.39, 0.29) is 25.6 Å². The van der Waals surface area contributed by atoms with Crippen molar-refractivity contribution in [2.45, 2.75) is 45.8 Å². The highest BCUT2D eigenvalue weighted by molar-refractivity contribution is 5.85. The molecule has 0 aromatic heterocycles. The maximum atomic E-state index is 11.9. The Morgan fingerprint density at radius 1 is 1.18 bits per heavy atom. The summed E-state index contributed by atoms with van der Waals surface area (Å²) in [5, 5.41) is 10.5. The molecule has 0 saturated heterocycles. The second-order valence-corrected chi connectivity index (χ2v) is 5.67. The van der Waals surface area contributed by atoms with Crippen molar-refractivity contribution in [2.24, 2.45) is 5.92 Å². The highest BCUT2D eigenvalue weighted by atomic mass is 16.6. The van der Waals surface area contributed by atoms with Crippen molar-refractivity contribution in [2.75, 3.05) is 6.61 Å². The first kappa shape index (κ1) is 18.2. The Balaban J connectivity index is 2.64. The molecule has 5 nitrogen and oxygen atoms in total. The average molecular weight is 308 g/mol. The van der Waals surface area contributed by atoms with E-state index in [9.17, 15) is 14.7 Å². The van der Waals surface area contributed by atoms with E-state index in [1.54, 1.807) is 6.92 Å². The molecular formula is C17H24O5. The smallest absolute Gasteiger partial charge is 0.338 e. The van der Waals surface area contributed by atoms with Gasteiger partial charge in [-0.25, -0.2) is 4.79 Å². The van der Waals surface area contributed by atoms with Gasteiger partial charge in [0, 0.05) is 0 Å². The summed E-state index contributed by atoms with van der Waals surface area (Å²) in [6.45, 7) is 5.64. The van der Waals surface area contributed by atoms with Crippen LogP contribution in [0.15, 0.2) is 30.3 Å². The fraction of sp³-hybridized carbons (Fsp3) is 0.529. The summed E-state index contributed by atoms with van der Waals surface area (Å²) in [6.07, 6.45) is -0.261. The molecule has 0 aliphatic heterocycles. The Bertz CT molecular complexity index is 483. The highest BCUT2D eigenvalue weighted by Crippen LogP contribution is 2.23. The van der Waals surface area contributed by atoms with Gasteiger partial charge < -0.3 is 14.6 Å². The monoisotopic (exact) mass is 308 g/mol. The van der Waals surface area contributed by atoms with Crippen molar-refractivity contribution in [3.8, 4) is 0 Å². The van der Waals surface area contributed by atoms with Crippen LogP contribution in [0.25, 0.3) is 0 Å². The normalized spacial score (nSPS) is 13.5.